The monoisotopic (exact) mass is 371 g/mol. The van der Waals surface area contributed by atoms with E-state index in [1.165, 1.54) is 16.2 Å². The van der Waals surface area contributed by atoms with Gasteiger partial charge >= 0.3 is 12.1 Å². The predicted octanol–water partition coefficient (Wildman–Crippen LogP) is 2.76. The number of nitrogens with zero attached hydrogens (tertiary/aromatic N) is 5. The van der Waals surface area contributed by atoms with Crippen molar-refractivity contribution in [3.05, 3.63) is 40.9 Å². The molecule has 0 bridgehead atoms. The fourth-order valence-corrected chi connectivity index (χ4v) is 2.90. The molecule has 0 fully saturated rings. The summed E-state index contributed by atoms with van der Waals surface area (Å²) in [6, 6.07) is 4.95. The molecule has 25 heavy (non-hydrogen) atoms. The zero-order valence-electron chi connectivity index (χ0n) is 13.1. The van der Waals surface area contributed by atoms with Gasteiger partial charge in [-0.15, -0.1) is 11.3 Å². The topological polar surface area (TPSA) is 77.0 Å². The summed E-state index contributed by atoms with van der Waals surface area (Å²) in [4.78, 5) is 17.9. The van der Waals surface area contributed by atoms with Crippen LogP contribution < -0.4 is 0 Å². The second kappa shape index (κ2) is 6.31. The van der Waals surface area contributed by atoms with E-state index in [0.717, 1.165) is 4.88 Å². The van der Waals surface area contributed by atoms with Gasteiger partial charge in [-0.25, -0.2) is 0 Å². The van der Waals surface area contributed by atoms with Crippen LogP contribution in [-0.4, -0.2) is 44.8 Å². The second-order valence-electron chi connectivity index (χ2n) is 5.28. The Morgan fingerprint density at radius 2 is 2.08 bits per heavy atom. The van der Waals surface area contributed by atoms with Crippen LogP contribution in [-0.2, 0) is 12.7 Å². The third kappa shape index (κ3) is 3.71. The average Bonchev–Trinajstić information content (AvgIpc) is 3.25. The lowest BCUT2D eigenvalue weighted by atomic mass is 10.4. The van der Waals surface area contributed by atoms with Crippen LogP contribution in [0.1, 0.15) is 21.3 Å². The summed E-state index contributed by atoms with van der Waals surface area (Å²) in [5.74, 6) is -1.71. The Labute approximate surface area is 143 Å². The van der Waals surface area contributed by atoms with Crippen molar-refractivity contribution >= 4 is 17.2 Å². The molecule has 7 nitrogen and oxygen atoms in total. The number of hydrogen-bond donors (Lipinski definition) is 0. The third-order valence-electron chi connectivity index (χ3n) is 3.13. The van der Waals surface area contributed by atoms with Gasteiger partial charge in [-0.2, -0.15) is 23.3 Å². The van der Waals surface area contributed by atoms with Gasteiger partial charge in [0, 0.05) is 25.2 Å². The fourth-order valence-electron chi connectivity index (χ4n) is 1.97. The van der Waals surface area contributed by atoms with Gasteiger partial charge in [0.25, 0.3) is 5.91 Å². The van der Waals surface area contributed by atoms with Gasteiger partial charge in [-0.3, -0.25) is 9.48 Å². The highest BCUT2D eigenvalue weighted by atomic mass is 32.1. The van der Waals surface area contributed by atoms with Crippen LogP contribution in [0.25, 0.3) is 10.7 Å². The number of amides is 1. The first-order chi connectivity index (χ1) is 11.7. The summed E-state index contributed by atoms with van der Waals surface area (Å²) in [6.07, 6.45) is -3.01. The Morgan fingerprint density at radius 1 is 1.32 bits per heavy atom. The van der Waals surface area contributed by atoms with Gasteiger partial charge < -0.3 is 9.42 Å². The molecule has 3 aromatic rings. The number of rotatable bonds is 4. The van der Waals surface area contributed by atoms with Gasteiger partial charge in [-0.1, -0.05) is 5.16 Å². The van der Waals surface area contributed by atoms with Crippen LogP contribution in [0.5, 0.6) is 0 Å². The van der Waals surface area contributed by atoms with E-state index in [0.29, 0.717) is 17.1 Å². The van der Waals surface area contributed by atoms with E-state index in [-0.39, 0.29) is 11.7 Å². The molecule has 0 aromatic carbocycles. The third-order valence-corrected chi connectivity index (χ3v) is 4.20. The summed E-state index contributed by atoms with van der Waals surface area (Å²) >= 11 is 1.22. The molecular formula is C14H12F3N5O2S. The molecule has 3 rings (SSSR count). The Kier molecular flexibility index (Phi) is 4.33. The van der Waals surface area contributed by atoms with Gasteiger partial charge in [-0.05, 0) is 18.2 Å². The summed E-state index contributed by atoms with van der Waals surface area (Å²) in [6.45, 7) is 0.370. The van der Waals surface area contributed by atoms with Gasteiger partial charge in [0.15, 0.2) is 0 Å². The number of thiophene rings is 1. The molecule has 0 aliphatic heterocycles. The van der Waals surface area contributed by atoms with Crippen LogP contribution in [0.2, 0.25) is 0 Å². The van der Waals surface area contributed by atoms with E-state index in [1.54, 1.807) is 43.2 Å². The highest BCUT2D eigenvalue weighted by molar-refractivity contribution is 7.15. The maximum atomic E-state index is 12.5. The molecule has 0 saturated heterocycles. The minimum absolute atomic E-state index is 0.118. The molecule has 0 N–H and O–H groups in total. The Bertz CT molecular complexity index is 896. The zero-order valence-corrected chi connectivity index (χ0v) is 13.9. The van der Waals surface area contributed by atoms with Crippen LogP contribution in [0.3, 0.4) is 0 Å². The molecule has 1 amide bonds. The summed E-state index contributed by atoms with van der Waals surface area (Å²) in [5, 5.41) is 7.53. The minimum Gasteiger partial charge on any atom is -0.343 e. The van der Waals surface area contributed by atoms with Crippen molar-refractivity contribution < 1.29 is 22.5 Å². The van der Waals surface area contributed by atoms with E-state index in [4.69, 9.17) is 0 Å². The summed E-state index contributed by atoms with van der Waals surface area (Å²) in [5.41, 5.74) is 0.315. The quantitative estimate of drug-likeness (QED) is 0.705. The highest BCUT2D eigenvalue weighted by Gasteiger charge is 2.38. The maximum Gasteiger partial charge on any atom is 0.471 e. The molecule has 132 valence electrons. The number of aromatic nitrogens is 4. The van der Waals surface area contributed by atoms with Crippen molar-refractivity contribution in [2.45, 2.75) is 12.7 Å². The normalized spacial score (nSPS) is 11.7. The lowest BCUT2D eigenvalue weighted by Crippen LogP contribution is -2.22. The van der Waals surface area contributed by atoms with E-state index in [1.807, 2.05) is 0 Å². The molecule has 0 spiro atoms. The Balaban J connectivity index is 1.74. The first-order valence-corrected chi connectivity index (χ1v) is 7.81. The first kappa shape index (κ1) is 17.1. The number of hydrogen-bond acceptors (Lipinski definition) is 6. The zero-order chi connectivity index (χ0) is 18.2. The molecule has 3 aromatic heterocycles. The number of alkyl halides is 3. The first-order valence-electron chi connectivity index (χ1n) is 6.99. The van der Waals surface area contributed by atoms with Crippen molar-refractivity contribution in [2.24, 2.45) is 0 Å². The number of halogens is 3. The van der Waals surface area contributed by atoms with Crippen LogP contribution in [0.15, 0.2) is 28.9 Å². The molecular weight excluding hydrogens is 359 g/mol. The van der Waals surface area contributed by atoms with Crippen molar-refractivity contribution in [3.63, 3.8) is 0 Å². The van der Waals surface area contributed by atoms with Crippen molar-refractivity contribution in [3.8, 4) is 10.7 Å². The Morgan fingerprint density at radius 3 is 2.72 bits per heavy atom. The fraction of sp³-hybridized carbons (Fsp3) is 0.286. The molecule has 0 radical (unpaired) electrons. The molecule has 0 unspecified atom stereocenters. The maximum absolute atomic E-state index is 12.5. The lowest BCUT2D eigenvalue weighted by molar-refractivity contribution is -0.159. The number of carbonyl (C=O) groups is 1. The number of carbonyl (C=O) groups excluding carboxylic acids is 1. The molecule has 0 aliphatic rings. The molecule has 0 saturated carbocycles. The van der Waals surface area contributed by atoms with Crippen molar-refractivity contribution in [1.82, 2.24) is 24.8 Å². The van der Waals surface area contributed by atoms with Crippen molar-refractivity contribution in [2.75, 3.05) is 14.1 Å². The van der Waals surface area contributed by atoms with E-state index < -0.39 is 12.1 Å². The van der Waals surface area contributed by atoms with E-state index in [9.17, 15) is 18.0 Å². The van der Waals surface area contributed by atoms with Gasteiger partial charge in [0.2, 0.25) is 5.82 Å². The van der Waals surface area contributed by atoms with Gasteiger partial charge in [0.1, 0.15) is 5.69 Å². The molecule has 0 aliphatic carbocycles. The average molecular weight is 371 g/mol. The molecule has 11 heteroatoms. The van der Waals surface area contributed by atoms with Crippen LogP contribution in [0.4, 0.5) is 13.2 Å². The standard InChI is InChI=1S/C14H12F3N5O2S/c1-21(2)12(23)9-5-6-22(19-9)7-8-3-4-10(25-8)11-18-13(24-20-11)14(15,16)17/h3-6H,7H2,1-2H3. The van der Waals surface area contributed by atoms with Crippen LogP contribution >= 0.6 is 11.3 Å². The van der Waals surface area contributed by atoms with Crippen LogP contribution in [0, 0.1) is 0 Å². The molecule has 0 atom stereocenters. The summed E-state index contributed by atoms with van der Waals surface area (Å²) < 4.78 is 43.3. The SMILES string of the molecule is CN(C)C(=O)c1ccn(Cc2ccc(-c3noc(C(F)(F)F)n3)s2)n1. The molecule has 3 heterocycles. The van der Waals surface area contributed by atoms with Gasteiger partial charge in [0.05, 0.1) is 11.4 Å². The minimum atomic E-state index is -4.67. The lowest BCUT2D eigenvalue weighted by Gasteiger charge is -2.06. The Hall–Kier alpha value is -2.69. The smallest absolute Gasteiger partial charge is 0.343 e. The highest BCUT2D eigenvalue weighted by Crippen LogP contribution is 2.31. The van der Waals surface area contributed by atoms with E-state index >= 15 is 0 Å². The predicted molar refractivity (Wildman–Crippen MR) is 82.0 cm³/mol. The largest absolute Gasteiger partial charge is 0.471 e. The second-order valence-corrected chi connectivity index (χ2v) is 6.45. The van der Waals surface area contributed by atoms with E-state index in [2.05, 4.69) is 19.8 Å². The summed E-state index contributed by atoms with van der Waals surface area (Å²) in [7, 11) is 3.26. The van der Waals surface area contributed by atoms with Crippen molar-refractivity contribution in [1.29, 1.82) is 0 Å².